The van der Waals surface area contributed by atoms with Crippen molar-refractivity contribution in [3.05, 3.63) is 113 Å². The van der Waals surface area contributed by atoms with Gasteiger partial charge in [-0.15, -0.1) is 0 Å². The third-order valence-corrected chi connectivity index (χ3v) is 5.08. The highest BCUT2D eigenvalue weighted by molar-refractivity contribution is 5.96. The molecule has 0 aliphatic rings. The molecule has 3 rings (SSSR count). The zero-order valence-corrected chi connectivity index (χ0v) is 18.9. The topological polar surface area (TPSA) is 41.6 Å². The maximum atomic E-state index is 13.4. The number of hydrogen-bond acceptors (Lipinski definition) is 3. The molecule has 0 bridgehead atoms. The average molecular weight is 451 g/mol. The number of rotatable bonds is 8. The maximum Gasteiger partial charge on any atom is 0.251 e. The Kier molecular flexibility index (Phi) is 7.61. The second-order valence-electron chi connectivity index (χ2n) is 7.68. The van der Waals surface area contributed by atoms with Gasteiger partial charge in [-0.05, 0) is 61.4 Å². The van der Waals surface area contributed by atoms with Gasteiger partial charge in [-0.25, -0.2) is 8.78 Å². The third-order valence-electron chi connectivity index (χ3n) is 5.08. The Morgan fingerprint density at radius 1 is 1.12 bits per heavy atom. The maximum absolute atomic E-state index is 13.4. The molecule has 1 N–H and O–H groups in total. The van der Waals surface area contributed by atoms with Crippen molar-refractivity contribution in [2.45, 2.75) is 20.4 Å². The van der Waals surface area contributed by atoms with E-state index in [0.29, 0.717) is 28.2 Å². The summed E-state index contributed by atoms with van der Waals surface area (Å²) in [6, 6.07) is 15.9. The summed E-state index contributed by atoms with van der Waals surface area (Å²) in [5, 5.41) is 2.70. The van der Waals surface area contributed by atoms with Crippen molar-refractivity contribution in [3.8, 4) is 11.5 Å². The molecule has 172 valence electrons. The van der Waals surface area contributed by atoms with Gasteiger partial charge in [0.1, 0.15) is 23.1 Å². The van der Waals surface area contributed by atoms with Crippen molar-refractivity contribution in [3.63, 3.8) is 0 Å². The van der Waals surface area contributed by atoms with Gasteiger partial charge in [0.2, 0.25) is 0 Å². The highest BCUT2D eigenvalue weighted by atomic mass is 19.1. The van der Waals surface area contributed by atoms with E-state index in [1.807, 2.05) is 49.3 Å². The van der Waals surface area contributed by atoms with Crippen LogP contribution in [-0.2, 0) is 6.54 Å². The third kappa shape index (κ3) is 6.29. The number of hydrogen-bond donors (Lipinski definition) is 1. The zero-order chi connectivity index (χ0) is 24.0. The number of carbonyl (C=O) groups excluding carboxylic acids is 1. The predicted octanol–water partition coefficient (Wildman–Crippen LogP) is 6.77. The summed E-state index contributed by atoms with van der Waals surface area (Å²) in [4.78, 5) is 14.7. The molecule has 0 aromatic heterocycles. The summed E-state index contributed by atoms with van der Waals surface area (Å²) in [6.45, 7) is 7.53. The van der Waals surface area contributed by atoms with Gasteiger partial charge in [-0.1, -0.05) is 24.8 Å². The van der Waals surface area contributed by atoms with E-state index >= 15 is 0 Å². The van der Waals surface area contributed by atoms with E-state index in [1.54, 1.807) is 31.2 Å². The first-order valence-electron chi connectivity index (χ1n) is 10.4. The first kappa shape index (κ1) is 23.7. The van der Waals surface area contributed by atoms with Crippen LogP contribution in [0.5, 0.6) is 11.5 Å². The lowest BCUT2D eigenvalue weighted by Crippen LogP contribution is -2.23. The van der Waals surface area contributed by atoms with Gasteiger partial charge >= 0.3 is 0 Å². The fraction of sp³-hybridized carbons (Fsp3) is 0.148. The zero-order valence-electron chi connectivity index (χ0n) is 18.9. The Balaban J connectivity index is 0.00000408. The normalized spacial score (nSPS) is 11.1. The van der Waals surface area contributed by atoms with Gasteiger partial charge in [-0.2, -0.15) is 0 Å². The van der Waals surface area contributed by atoms with E-state index in [4.69, 9.17) is 4.74 Å². The summed E-state index contributed by atoms with van der Waals surface area (Å²) in [5.74, 6) is -0.569. The quantitative estimate of drug-likeness (QED) is 0.385. The van der Waals surface area contributed by atoms with Crippen molar-refractivity contribution < 1.29 is 19.7 Å². The molecule has 0 radical (unpaired) electrons. The molecular weight excluding hydrogens is 422 g/mol. The summed E-state index contributed by atoms with van der Waals surface area (Å²) < 4.78 is 32.8. The van der Waals surface area contributed by atoms with Crippen molar-refractivity contribution in [2.24, 2.45) is 0 Å². The van der Waals surface area contributed by atoms with Crippen LogP contribution in [0.2, 0.25) is 0 Å². The van der Waals surface area contributed by atoms with Crippen LogP contribution < -0.4 is 15.0 Å². The number of ether oxygens (including phenoxy) is 1. The highest BCUT2D eigenvalue weighted by Crippen LogP contribution is 2.29. The summed E-state index contributed by atoms with van der Waals surface area (Å²) in [5.41, 5.74) is 3.37. The highest BCUT2D eigenvalue weighted by Gasteiger charge is 2.14. The van der Waals surface area contributed by atoms with Crippen LogP contribution in [0.15, 0.2) is 85.1 Å². The largest absolute Gasteiger partial charge is 0.457 e. The Morgan fingerprint density at radius 3 is 2.52 bits per heavy atom. The van der Waals surface area contributed by atoms with E-state index in [9.17, 15) is 13.6 Å². The van der Waals surface area contributed by atoms with Crippen molar-refractivity contribution in [1.29, 1.82) is 0 Å². The number of benzene rings is 3. The van der Waals surface area contributed by atoms with Crippen molar-refractivity contribution in [2.75, 3.05) is 11.9 Å². The summed E-state index contributed by atoms with van der Waals surface area (Å²) >= 11 is 0. The van der Waals surface area contributed by atoms with Crippen molar-refractivity contribution >= 4 is 11.6 Å². The van der Waals surface area contributed by atoms with E-state index < -0.39 is 11.6 Å². The molecule has 0 aliphatic heterocycles. The molecule has 6 heteroatoms. The molecule has 3 aromatic carbocycles. The Bertz CT molecular complexity index is 1190. The van der Waals surface area contributed by atoms with Crippen LogP contribution >= 0.6 is 0 Å². The van der Waals surface area contributed by atoms with Crippen LogP contribution in [0.1, 0.15) is 29.8 Å². The van der Waals surface area contributed by atoms with Crippen LogP contribution in [-0.4, -0.2) is 13.0 Å². The number of nitrogens with one attached hydrogen (secondary N) is 1. The molecule has 0 aliphatic carbocycles. The molecule has 33 heavy (non-hydrogen) atoms. The minimum atomic E-state index is -0.686. The fourth-order valence-electron chi connectivity index (χ4n) is 3.29. The predicted molar refractivity (Wildman–Crippen MR) is 130 cm³/mol. The number of amides is 1. The van der Waals surface area contributed by atoms with E-state index in [1.165, 1.54) is 12.1 Å². The molecule has 3 aromatic rings. The van der Waals surface area contributed by atoms with Crippen LogP contribution in [0, 0.1) is 18.6 Å². The van der Waals surface area contributed by atoms with Gasteiger partial charge in [-0.3, -0.25) is 4.79 Å². The van der Waals surface area contributed by atoms with Gasteiger partial charge in [0.05, 0.1) is 0 Å². The molecule has 4 nitrogen and oxygen atoms in total. The lowest BCUT2D eigenvalue weighted by molar-refractivity contribution is 0.0950. The SMILES string of the molecule is C=C/C(C)=C\N(C)c1cccc(Oc2cccc(C(=O)NCc3cc(F)cc(F)c3)c2C)c1.[HH]. The fourth-order valence-corrected chi connectivity index (χ4v) is 3.29. The summed E-state index contributed by atoms with van der Waals surface area (Å²) in [6.07, 6.45) is 3.74. The first-order chi connectivity index (χ1) is 15.8. The molecule has 0 spiro atoms. The van der Waals surface area contributed by atoms with E-state index in [2.05, 4.69) is 11.9 Å². The molecule has 1 amide bonds. The Hall–Kier alpha value is -3.93. The van der Waals surface area contributed by atoms with Gasteiger partial charge < -0.3 is 15.0 Å². The second-order valence-corrected chi connectivity index (χ2v) is 7.68. The lowest BCUT2D eigenvalue weighted by Gasteiger charge is -2.17. The molecule has 0 atom stereocenters. The molecule has 0 unspecified atom stereocenters. The lowest BCUT2D eigenvalue weighted by atomic mass is 10.1. The minimum Gasteiger partial charge on any atom is -0.457 e. The number of halogens is 2. The van der Waals surface area contributed by atoms with Gasteiger partial charge in [0.25, 0.3) is 5.91 Å². The molecule has 0 saturated heterocycles. The van der Waals surface area contributed by atoms with Crippen molar-refractivity contribution in [1.82, 2.24) is 5.32 Å². The minimum absolute atomic E-state index is 0. The van der Waals surface area contributed by atoms with Crippen LogP contribution in [0.25, 0.3) is 0 Å². The van der Waals surface area contributed by atoms with Gasteiger partial charge in [0.15, 0.2) is 0 Å². The van der Waals surface area contributed by atoms with Gasteiger partial charge in [0, 0.05) is 50.2 Å². The Labute approximate surface area is 194 Å². The smallest absolute Gasteiger partial charge is 0.251 e. The first-order valence-corrected chi connectivity index (χ1v) is 10.4. The Morgan fingerprint density at radius 2 is 1.82 bits per heavy atom. The monoisotopic (exact) mass is 450 g/mol. The molecule has 0 saturated carbocycles. The standard InChI is InChI=1S/C27H26F2N2O2.H2/c1-5-18(2)17-31(4)23-8-6-9-24(15-23)33-26-11-7-10-25(19(26)3)27(32)30-16-20-12-21(28)14-22(29)13-20;/h5-15,17H,1,16H2,2-4H3,(H,30,32);1H/b18-17-;. The van der Waals surface area contributed by atoms with Crippen LogP contribution in [0.3, 0.4) is 0 Å². The number of anilines is 1. The molecular formula is C27H28F2N2O2. The van der Waals surface area contributed by atoms with E-state index in [0.717, 1.165) is 17.3 Å². The number of nitrogens with zero attached hydrogens (tertiary/aromatic N) is 1. The molecule has 0 fully saturated rings. The number of allylic oxidation sites excluding steroid dienone is 2. The average Bonchev–Trinajstić information content (AvgIpc) is 2.78. The van der Waals surface area contributed by atoms with Crippen LogP contribution in [0.4, 0.5) is 14.5 Å². The van der Waals surface area contributed by atoms with E-state index in [-0.39, 0.29) is 13.9 Å². The molecule has 0 heterocycles. The summed E-state index contributed by atoms with van der Waals surface area (Å²) in [7, 11) is 1.94. The number of carbonyl (C=O) groups is 1. The second kappa shape index (κ2) is 10.6.